The summed E-state index contributed by atoms with van der Waals surface area (Å²) >= 11 is 7.65. The average molecular weight is 377 g/mol. The Balaban J connectivity index is 2.37. The number of aromatic amines is 1. The van der Waals surface area contributed by atoms with Crippen molar-refractivity contribution in [3.8, 4) is 11.8 Å². The first kappa shape index (κ1) is 12.4. The summed E-state index contributed by atoms with van der Waals surface area (Å²) in [5.74, 6) is 0. The molecule has 0 saturated heterocycles. The van der Waals surface area contributed by atoms with Gasteiger partial charge in [-0.05, 0) is 71.2 Å². The summed E-state index contributed by atoms with van der Waals surface area (Å²) < 4.78 is 3.73. The molecule has 0 aliphatic heterocycles. The molecule has 0 amide bonds. The van der Waals surface area contributed by atoms with Crippen LogP contribution in [0, 0.1) is 19.7 Å². The summed E-state index contributed by atoms with van der Waals surface area (Å²) in [6, 6.07) is 15.8. The zero-order valence-corrected chi connectivity index (χ0v) is 12.7. The molecule has 0 aliphatic rings. The van der Waals surface area contributed by atoms with Crippen LogP contribution >= 0.6 is 34.8 Å². The normalized spacial score (nSPS) is 10.5. The van der Waals surface area contributed by atoms with Gasteiger partial charge in [0.2, 0.25) is 0 Å². The second kappa shape index (κ2) is 4.79. The van der Waals surface area contributed by atoms with E-state index in [-0.39, 0.29) is 0 Å². The summed E-state index contributed by atoms with van der Waals surface area (Å²) in [5, 5.41) is 9.01. The minimum absolute atomic E-state index is 0.626. The Morgan fingerprint density at radius 3 is 2.79 bits per heavy atom. The summed E-state index contributed by atoms with van der Waals surface area (Å²) in [4.78, 5) is 3.16. The van der Waals surface area contributed by atoms with Crippen LogP contribution in [0.4, 0.5) is 0 Å². The van der Waals surface area contributed by atoms with Crippen molar-refractivity contribution >= 4 is 45.8 Å². The van der Waals surface area contributed by atoms with Crippen molar-refractivity contribution in [3.05, 3.63) is 56.4 Å². The van der Waals surface area contributed by atoms with Gasteiger partial charge in [0.1, 0.15) is 0 Å². The fourth-order valence-corrected chi connectivity index (χ4v) is 2.88. The minimum Gasteiger partial charge on any atom is -0.330 e. The third kappa shape index (κ3) is 2.17. The van der Waals surface area contributed by atoms with Gasteiger partial charge in [0.15, 0.2) is 4.77 Å². The highest BCUT2D eigenvalue weighted by atomic mass is 127. The van der Waals surface area contributed by atoms with E-state index in [0.717, 1.165) is 20.3 Å². The van der Waals surface area contributed by atoms with Gasteiger partial charge < -0.3 is 4.98 Å². The van der Waals surface area contributed by atoms with Crippen molar-refractivity contribution < 1.29 is 0 Å². The fourth-order valence-electron chi connectivity index (χ4n) is 2.04. The molecule has 1 N–H and O–H groups in total. The number of imidazole rings is 1. The predicted molar refractivity (Wildman–Crippen MR) is 85.9 cm³/mol. The maximum absolute atomic E-state index is 9.01. The second-order valence-electron chi connectivity index (χ2n) is 4.09. The zero-order valence-electron chi connectivity index (χ0n) is 9.72. The van der Waals surface area contributed by atoms with Crippen molar-refractivity contribution in [2.75, 3.05) is 0 Å². The highest BCUT2D eigenvalue weighted by Crippen LogP contribution is 2.21. The number of fused-ring (bicyclic) bond motifs is 1. The lowest BCUT2D eigenvalue weighted by Gasteiger charge is -2.05. The molecule has 0 aliphatic carbocycles. The molecular formula is C14H8IN3S. The third-order valence-corrected chi connectivity index (χ3v) is 3.83. The van der Waals surface area contributed by atoms with Gasteiger partial charge in [-0.3, -0.25) is 4.57 Å². The second-order valence-corrected chi connectivity index (χ2v) is 5.72. The number of aromatic nitrogens is 2. The lowest BCUT2D eigenvalue weighted by molar-refractivity contribution is 1.06. The van der Waals surface area contributed by atoms with Gasteiger partial charge in [-0.2, -0.15) is 5.26 Å². The molecule has 0 unspecified atom stereocenters. The predicted octanol–water partition coefficient (Wildman–Crippen LogP) is 4.16. The number of benzene rings is 2. The van der Waals surface area contributed by atoms with E-state index in [4.69, 9.17) is 17.5 Å². The van der Waals surface area contributed by atoms with E-state index in [1.54, 1.807) is 6.07 Å². The maximum Gasteiger partial charge on any atom is 0.182 e. The summed E-state index contributed by atoms with van der Waals surface area (Å²) in [5.41, 5.74) is 3.48. The Morgan fingerprint density at radius 1 is 1.21 bits per heavy atom. The first-order valence-corrected chi connectivity index (χ1v) is 7.08. The molecule has 3 rings (SSSR count). The number of halogens is 1. The van der Waals surface area contributed by atoms with Crippen molar-refractivity contribution in [1.29, 1.82) is 5.26 Å². The molecule has 0 bridgehead atoms. The highest BCUT2D eigenvalue weighted by Gasteiger charge is 2.07. The molecule has 3 aromatic rings. The van der Waals surface area contributed by atoms with Crippen LogP contribution in [0.5, 0.6) is 0 Å². The molecular weight excluding hydrogens is 369 g/mol. The van der Waals surface area contributed by atoms with Crippen LogP contribution in [0.3, 0.4) is 0 Å². The van der Waals surface area contributed by atoms with E-state index in [1.165, 1.54) is 0 Å². The van der Waals surface area contributed by atoms with Crippen LogP contribution in [0.25, 0.3) is 16.7 Å². The number of nitrogens with zero attached hydrogens (tertiary/aromatic N) is 2. The Labute approximate surface area is 128 Å². The monoisotopic (exact) mass is 377 g/mol. The van der Waals surface area contributed by atoms with Crippen LogP contribution in [-0.4, -0.2) is 9.55 Å². The van der Waals surface area contributed by atoms with E-state index >= 15 is 0 Å². The van der Waals surface area contributed by atoms with Gasteiger partial charge in [-0.25, -0.2) is 0 Å². The maximum atomic E-state index is 9.01. The Hall–Kier alpha value is -1.65. The van der Waals surface area contributed by atoms with Crippen LogP contribution in [-0.2, 0) is 0 Å². The minimum atomic E-state index is 0.626. The summed E-state index contributed by atoms with van der Waals surface area (Å²) in [6.07, 6.45) is 0. The molecule has 5 heteroatoms. The lowest BCUT2D eigenvalue weighted by Crippen LogP contribution is -1.94. The average Bonchev–Trinajstić information content (AvgIpc) is 2.73. The molecule has 0 atom stereocenters. The lowest BCUT2D eigenvalue weighted by atomic mass is 10.2. The van der Waals surface area contributed by atoms with Crippen molar-refractivity contribution in [1.82, 2.24) is 9.55 Å². The number of hydrogen-bond acceptors (Lipinski definition) is 2. The van der Waals surface area contributed by atoms with Gasteiger partial charge in [0, 0.05) is 9.26 Å². The molecule has 19 heavy (non-hydrogen) atoms. The standard InChI is InChI=1S/C14H8IN3S/c15-10-2-1-3-11(7-10)18-13-6-9(8-16)4-5-12(13)17-14(18)19/h1-7H,(H,17,19). The molecule has 1 heterocycles. The molecule has 0 fully saturated rings. The molecule has 3 nitrogen and oxygen atoms in total. The summed E-state index contributed by atoms with van der Waals surface area (Å²) in [7, 11) is 0. The topological polar surface area (TPSA) is 44.5 Å². The number of hydrogen-bond donors (Lipinski definition) is 1. The fraction of sp³-hybridized carbons (Fsp3) is 0. The molecule has 0 spiro atoms. The number of rotatable bonds is 1. The van der Waals surface area contributed by atoms with E-state index in [1.807, 2.05) is 34.9 Å². The largest absolute Gasteiger partial charge is 0.330 e. The molecule has 2 aromatic carbocycles. The molecule has 0 radical (unpaired) electrons. The first-order chi connectivity index (χ1) is 9.19. The van der Waals surface area contributed by atoms with Crippen molar-refractivity contribution in [2.24, 2.45) is 0 Å². The smallest absolute Gasteiger partial charge is 0.182 e. The zero-order chi connectivity index (χ0) is 13.4. The van der Waals surface area contributed by atoms with Gasteiger partial charge in [-0.15, -0.1) is 0 Å². The Morgan fingerprint density at radius 2 is 2.05 bits per heavy atom. The summed E-state index contributed by atoms with van der Waals surface area (Å²) in [6.45, 7) is 0. The Kier molecular flexibility index (Phi) is 3.12. The number of nitrogens with one attached hydrogen (secondary N) is 1. The Bertz CT molecular complexity index is 870. The first-order valence-electron chi connectivity index (χ1n) is 5.60. The van der Waals surface area contributed by atoms with Crippen LogP contribution in [0.1, 0.15) is 5.56 Å². The van der Waals surface area contributed by atoms with Gasteiger partial charge in [0.25, 0.3) is 0 Å². The van der Waals surface area contributed by atoms with Crippen LogP contribution in [0.2, 0.25) is 0 Å². The van der Waals surface area contributed by atoms with E-state index in [9.17, 15) is 0 Å². The van der Waals surface area contributed by atoms with Crippen molar-refractivity contribution in [2.45, 2.75) is 0 Å². The van der Waals surface area contributed by atoms with E-state index < -0.39 is 0 Å². The van der Waals surface area contributed by atoms with Gasteiger partial charge >= 0.3 is 0 Å². The quantitative estimate of drug-likeness (QED) is 0.511. The molecule has 1 aromatic heterocycles. The number of H-pyrrole nitrogens is 1. The van der Waals surface area contributed by atoms with Crippen LogP contribution in [0.15, 0.2) is 42.5 Å². The third-order valence-electron chi connectivity index (χ3n) is 2.88. The van der Waals surface area contributed by atoms with E-state index in [0.29, 0.717) is 10.3 Å². The van der Waals surface area contributed by atoms with Crippen molar-refractivity contribution in [3.63, 3.8) is 0 Å². The van der Waals surface area contributed by atoms with Gasteiger partial charge in [-0.1, -0.05) is 6.07 Å². The SMILES string of the molecule is N#Cc1ccc2[nH]c(=S)n(-c3cccc(I)c3)c2c1. The number of nitriles is 1. The van der Waals surface area contributed by atoms with Crippen LogP contribution < -0.4 is 0 Å². The van der Waals surface area contributed by atoms with Gasteiger partial charge in [0.05, 0.1) is 22.7 Å². The molecule has 92 valence electrons. The van der Waals surface area contributed by atoms with E-state index in [2.05, 4.69) is 39.7 Å². The highest BCUT2D eigenvalue weighted by molar-refractivity contribution is 14.1. The molecule has 0 saturated carbocycles.